The Kier molecular flexibility index (Phi) is 3.51. The highest BCUT2D eigenvalue weighted by molar-refractivity contribution is 6.00. The normalized spacial score (nSPS) is 11.1. The number of amides is 1. The van der Waals surface area contributed by atoms with Crippen molar-refractivity contribution in [2.75, 3.05) is 0 Å². The molecule has 104 valence electrons. The van der Waals surface area contributed by atoms with Crippen LogP contribution in [0.5, 0.6) is 0 Å². The van der Waals surface area contributed by atoms with Crippen molar-refractivity contribution in [3.8, 4) is 0 Å². The molecule has 0 saturated carbocycles. The molecule has 0 unspecified atom stereocenters. The smallest absolute Gasteiger partial charge is 0.307 e. The third kappa shape index (κ3) is 2.84. The van der Waals surface area contributed by atoms with Crippen molar-refractivity contribution in [3.63, 3.8) is 0 Å². The van der Waals surface area contributed by atoms with E-state index in [9.17, 15) is 4.79 Å². The lowest BCUT2D eigenvalue weighted by Gasteiger charge is -2.01. The molecule has 1 heterocycles. The van der Waals surface area contributed by atoms with E-state index in [2.05, 4.69) is 10.5 Å². The summed E-state index contributed by atoms with van der Waals surface area (Å²) in [5.41, 5.74) is 3.41. The van der Waals surface area contributed by atoms with Crippen LogP contribution in [0.3, 0.4) is 0 Å². The summed E-state index contributed by atoms with van der Waals surface area (Å²) in [6.45, 7) is 1.79. The first-order chi connectivity index (χ1) is 10.2. The minimum atomic E-state index is -0.361. The van der Waals surface area contributed by atoms with Crippen LogP contribution in [-0.4, -0.2) is 12.1 Å². The standard InChI is InChI=1S/C17H14N2O2/c1-12-9-10-16(21-12)17(20)19-18-11-14-7-4-6-13-5-2-3-8-15(13)14/h2-11H,1H3,(H,19,20)/b18-11+. The summed E-state index contributed by atoms with van der Waals surface area (Å²) in [4.78, 5) is 11.8. The summed E-state index contributed by atoms with van der Waals surface area (Å²) < 4.78 is 5.23. The van der Waals surface area contributed by atoms with Crippen molar-refractivity contribution in [1.29, 1.82) is 0 Å². The van der Waals surface area contributed by atoms with Crippen LogP contribution >= 0.6 is 0 Å². The summed E-state index contributed by atoms with van der Waals surface area (Å²) >= 11 is 0. The molecule has 0 aliphatic carbocycles. The molecule has 3 aromatic rings. The van der Waals surface area contributed by atoms with Gasteiger partial charge in [0.05, 0.1) is 6.21 Å². The molecule has 0 aliphatic heterocycles. The van der Waals surface area contributed by atoms with Gasteiger partial charge in [-0.15, -0.1) is 0 Å². The molecule has 4 nitrogen and oxygen atoms in total. The van der Waals surface area contributed by atoms with Crippen molar-refractivity contribution < 1.29 is 9.21 Å². The van der Waals surface area contributed by atoms with Gasteiger partial charge in [-0.2, -0.15) is 5.10 Å². The highest BCUT2D eigenvalue weighted by Gasteiger charge is 2.08. The number of carbonyl (C=O) groups is 1. The van der Waals surface area contributed by atoms with Gasteiger partial charge in [-0.25, -0.2) is 5.43 Å². The van der Waals surface area contributed by atoms with E-state index >= 15 is 0 Å². The molecule has 0 radical (unpaired) electrons. The predicted molar refractivity (Wildman–Crippen MR) is 82.5 cm³/mol. The van der Waals surface area contributed by atoms with Gasteiger partial charge in [0, 0.05) is 5.56 Å². The van der Waals surface area contributed by atoms with Gasteiger partial charge in [-0.05, 0) is 29.8 Å². The Morgan fingerprint density at radius 3 is 2.71 bits per heavy atom. The van der Waals surface area contributed by atoms with Crippen LogP contribution in [0.25, 0.3) is 10.8 Å². The molecule has 0 saturated heterocycles. The first-order valence-electron chi connectivity index (χ1n) is 6.61. The van der Waals surface area contributed by atoms with Crippen LogP contribution in [0.1, 0.15) is 21.9 Å². The number of nitrogens with zero attached hydrogens (tertiary/aromatic N) is 1. The zero-order chi connectivity index (χ0) is 14.7. The molecular weight excluding hydrogens is 264 g/mol. The van der Waals surface area contributed by atoms with Crippen LogP contribution < -0.4 is 5.43 Å². The summed E-state index contributed by atoms with van der Waals surface area (Å²) in [5.74, 6) is 0.584. The molecular formula is C17H14N2O2. The maximum Gasteiger partial charge on any atom is 0.307 e. The highest BCUT2D eigenvalue weighted by atomic mass is 16.3. The minimum Gasteiger partial charge on any atom is -0.456 e. The van der Waals surface area contributed by atoms with Gasteiger partial charge < -0.3 is 4.42 Å². The van der Waals surface area contributed by atoms with Crippen LogP contribution in [0.15, 0.2) is 64.1 Å². The molecule has 0 spiro atoms. The van der Waals surface area contributed by atoms with Crippen molar-refractivity contribution >= 4 is 22.9 Å². The Bertz CT molecular complexity index is 813. The minimum absolute atomic E-state index is 0.252. The Balaban J connectivity index is 1.78. The predicted octanol–water partition coefficient (Wildman–Crippen LogP) is 3.51. The molecule has 1 amide bonds. The number of hydrazone groups is 1. The lowest BCUT2D eigenvalue weighted by molar-refractivity contribution is 0.0926. The molecule has 0 aliphatic rings. The summed E-state index contributed by atoms with van der Waals surface area (Å²) in [6.07, 6.45) is 1.63. The van der Waals surface area contributed by atoms with Gasteiger partial charge in [-0.1, -0.05) is 42.5 Å². The van der Waals surface area contributed by atoms with Gasteiger partial charge >= 0.3 is 5.91 Å². The fraction of sp³-hybridized carbons (Fsp3) is 0.0588. The Morgan fingerprint density at radius 1 is 1.10 bits per heavy atom. The Hall–Kier alpha value is -2.88. The van der Waals surface area contributed by atoms with Gasteiger partial charge in [0.2, 0.25) is 0 Å². The Morgan fingerprint density at radius 2 is 1.90 bits per heavy atom. The van der Waals surface area contributed by atoms with Gasteiger partial charge in [0.1, 0.15) is 5.76 Å². The van der Waals surface area contributed by atoms with Crippen LogP contribution in [0.4, 0.5) is 0 Å². The van der Waals surface area contributed by atoms with Crippen molar-refractivity contribution in [2.45, 2.75) is 6.92 Å². The number of rotatable bonds is 3. The summed E-state index contributed by atoms with van der Waals surface area (Å²) in [7, 11) is 0. The van der Waals surface area contributed by atoms with Crippen molar-refractivity contribution in [1.82, 2.24) is 5.43 Å². The number of furan rings is 1. The quantitative estimate of drug-likeness (QED) is 0.589. The average Bonchev–Trinajstić information content (AvgIpc) is 2.94. The fourth-order valence-corrected chi connectivity index (χ4v) is 2.14. The third-order valence-electron chi connectivity index (χ3n) is 3.16. The summed E-state index contributed by atoms with van der Waals surface area (Å²) in [6, 6.07) is 17.3. The van der Waals surface area contributed by atoms with E-state index in [-0.39, 0.29) is 11.7 Å². The van der Waals surface area contributed by atoms with E-state index in [0.29, 0.717) is 5.76 Å². The molecule has 21 heavy (non-hydrogen) atoms. The summed E-state index contributed by atoms with van der Waals surface area (Å²) in [5, 5.41) is 6.22. The number of aryl methyl sites for hydroxylation is 1. The average molecular weight is 278 g/mol. The van der Waals surface area contributed by atoms with Crippen LogP contribution in [-0.2, 0) is 0 Å². The van der Waals surface area contributed by atoms with Crippen molar-refractivity contribution in [3.05, 3.63) is 71.7 Å². The molecule has 1 N–H and O–H groups in total. The second kappa shape index (κ2) is 5.63. The second-order valence-electron chi connectivity index (χ2n) is 4.68. The van der Waals surface area contributed by atoms with E-state index in [1.807, 2.05) is 42.5 Å². The number of nitrogens with one attached hydrogen (secondary N) is 1. The SMILES string of the molecule is Cc1ccc(C(=O)N/N=C/c2cccc3ccccc23)o1. The molecule has 1 aromatic heterocycles. The lowest BCUT2D eigenvalue weighted by atomic mass is 10.1. The van der Waals surface area contributed by atoms with Gasteiger partial charge in [0.25, 0.3) is 0 Å². The molecule has 0 bridgehead atoms. The van der Waals surface area contributed by atoms with Crippen LogP contribution in [0.2, 0.25) is 0 Å². The van der Waals surface area contributed by atoms with Gasteiger partial charge in [0.15, 0.2) is 5.76 Å². The first-order valence-corrected chi connectivity index (χ1v) is 6.61. The molecule has 2 aromatic carbocycles. The first kappa shape index (κ1) is 13.1. The highest BCUT2D eigenvalue weighted by Crippen LogP contribution is 2.16. The number of carbonyl (C=O) groups excluding carboxylic acids is 1. The fourth-order valence-electron chi connectivity index (χ4n) is 2.14. The molecule has 4 heteroatoms. The van der Waals surface area contributed by atoms with E-state index in [1.165, 1.54) is 0 Å². The molecule has 0 fully saturated rings. The molecule has 0 atom stereocenters. The largest absolute Gasteiger partial charge is 0.456 e. The van der Waals surface area contributed by atoms with E-state index in [0.717, 1.165) is 16.3 Å². The maximum atomic E-state index is 11.8. The topological polar surface area (TPSA) is 54.6 Å². The molecule has 3 rings (SSSR count). The van der Waals surface area contributed by atoms with E-state index < -0.39 is 0 Å². The number of hydrogen-bond acceptors (Lipinski definition) is 3. The number of benzene rings is 2. The van der Waals surface area contributed by atoms with E-state index in [4.69, 9.17) is 4.42 Å². The zero-order valence-corrected chi connectivity index (χ0v) is 11.5. The zero-order valence-electron chi connectivity index (χ0n) is 11.5. The van der Waals surface area contributed by atoms with Crippen molar-refractivity contribution in [2.24, 2.45) is 5.10 Å². The van der Waals surface area contributed by atoms with E-state index in [1.54, 1.807) is 25.3 Å². The number of fused-ring (bicyclic) bond motifs is 1. The lowest BCUT2D eigenvalue weighted by Crippen LogP contribution is -2.16. The number of hydrogen-bond donors (Lipinski definition) is 1. The third-order valence-corrected chi connectivity index (χ3v) is 3.16. The maximum absolute atomic E-state index is 11.8. The van der Waals surface area contributed by atoms with Crippen LogP contribution in [0, 0.1) is 6.92 Å². The monoisotopic (exact) mass is 278 g/mol. The Labute approximate surface area is 122 Å². The second-order valence-corrected chi connectivity index (χ2v) is 4.68. The van der Waals surface area contributed by atoms with Gasteiger partial charge in [-0.3, -0.25) is 4.79 Å².